The summed E-state index contributed by atoms with van der Waals surface area (Å²) in [5.41, 5.74) is 0. The summed E-state index contributed by atoms with van der Waals surface area (Å²) in [5, 5.41) is 9.11. The van der Waals surface area contributed by atoms with Crippen LogP contribution in [0.3, 0.4) is 0 Å². The van der Waals surface area contributed by atoms with Crippen molar-refractivity contribution in [2.45, 2.75) is 44.7 Å². The molecule has 2 unspecified atom stereocenters. The number of piperidine rings is 1. The van der Waals surface area contributed by atoms with Crippen molar-refractivity contribution in [2.24, 2.45) is 0 Å². The number of hydrogen-bond donors (Lipinski definition) is 1. The van der Waals surface area contributed by atoms with E-state index in [1.807, 2.05) is 4.90 Å². The monoisotopic (exact) mass is 268 g/mol. The Kier molecular flexibility index (Phi) is 4.19. The van der Waals surface area contributed by atoms with Gasteiger partial charge in [0.05, 0.1) is 6.04 Å². The van der Waals surface area contributed by atoms with Crippen LogP contribution in [0.1, 0.15) is 32.6 Å². The minimum Gasteiger partial charge on any atom is -0.480 e. The molecule has 106 valence electrons. The summed E-state index contributed by atoms with van der Waals surface area (Å²) in [4.78, 5) is 38.1. The fourth-order valence-corrected chi connectivity index (χ4v) is 2.84. The second kappa shape index (κ2) is 5.69. The zero-order valence-corrected chi connectivity index (χ0v) is 11.2. The number of ketones is 1. The van der Waals surface area contributed by atoms with Gasteiger partial charge in [0.15, 0.2) is 0 Å². The quantitative estimate of drug-likeness (QED) is 0.786. The number of carbonyl (C=O) groups is 3. The number of aliphatic carboxylic acids is 1. The van der Waals surface area contributed by atoms with Crippen LogP contribution in [0.2, 0.25) is 0 Å². The van der Waals surface area contributed by atoms with Crippen LogP contribution < -0.4 is 0 Å². The fraction of sp³-hybridized carbons (Fsp3) is 0.769. The van der Waals surface area contributed by atoms with Gasteiger partial charge in [-0.3, -0.25) is 14.5 Å². The van der Waals surface area contributed by atoms with E-state index in [4.69, 9.17) is 5.11 Å². The predicted molar refractivity (Wildman–Crippen MR) is 67.6 cm³/mol. The molecule has 2 fully saturated rings. The van der Waals surface area contributed by atoms with E-state index in [2.05, 4.69) is 0 Å². The number of Topliss-reactive ketones (excluding diaryl/α,β-unsaturated/α-hetero) is 1. The summed E-state index contributed by atoms with van der Waals surface area (Å²) in [7, 11) is 0. The van der Waals surface area contributed by atoms with Crippen LogP contribution >= 0.6 is 0 Å². The third-order valence-electron chi connectivity index (χ3n) is 4.08. The van der Waals surface area contributed by atoms with Crippen LogP contribution in [0.15, 0.2) is 0 Å². The van der Waals surface area contributed by atoms with E-state index in [-0.39, 0.29) is 17.7 Å². The first-order valence-electron chi connectivity index (χ1n) is 6.79. The van der Waals surface area contributed by atoms with Gasteiger partial charge >= 0.3 is 5.97 Å². The van der Waals surface area contributed by atoms with Gasteiger partial charge in [0.1, 0.15) is 11.8 Å². The topological polar surface area (TPSA) is 77.9 Å². The molecule has 2 aliphatic heterocycles. The summed E-state index contributed by atoms with van der Waals surface area (Å²) >= 11 is 0. The Morgan fingerprint density at radius 3 is 2.47 bits per heavy atom. The molecular formula is C13H20N2O4. The lowest BCUT2D eigenvalue weighted by Crippen LogP contribution is -2.52. The highest BCUT2D eigenvalue weighted by Crippen LogP contribution is 2.20. The average molecular weight is 268 g/mol. The van der Waals surface area contributed by atoms with Crippen molar-refractivity contribution < 1.29 is 19.5 Å². The third kappa shape index (κ3) is 2.94. The zero-order valence-electron chi connectivity index (χ0n) is 11.2. The Hall–Kier alpha value is -1.43. The van der Waals surface area contributed by atoms with Gasteiger partial charge in [0.2, 0.25) is 5.91 Å². The van der Waals surface area contributed by atoms with E-state index in [9.17, 15) is 14.4 Å². The maximum atomic E-state index is 12.4. The molecule has 0 aromatic rings. The van der Waals surface area contributed by atoms with Gasteiger partial charge in [-0.2, -0.15) is 0 Å². The lowest BCUT2D eigenvalue weighted by molar-refractivity contribution is -0.150. The first-order valence-corrected chi connectivity index (χ1v) is 6.79. The van der Waals surface area contributed by atoms with Crippen molar-refractivity contribution >= 4 is 17.7 Å². The van der Waals surface area contributed by atoms with Crippen LogP contribution in [0.25, 0.3) is 0 Å². The van der Waals surface area contributed by atoms with Gasteiger partial charge in [0, 0.05) is 32.5 Å². The molecule has 0 aliphatic carbocycles. The molecule has 0 spiro atoms. The van der Waals surface area contributed by atoms with Crippen LogP contribution in [0, 0.1) is 0 Å². The van der Waals surface area contributed by atoms with Crippen LogP contribution in [-0.2, 0) is 14.4 Å². The molecule has 2 heterocycles. The number of hydrogen-bond acceptors (Lipinski definition) is 4. The number of amides is 1. The minimum absolute atomic E-state index is 0.126. The molecule has 0 radical (unpaired) electrons. The van der Waals surface area contributed by atoms with E-state index in [1.54, 1.807) is 6.92 Å². The molecule has 0 aromatic heterocycles. The van der Waals surface area contributed by atoms with Gasteiger partial charge < -0.3 is 10.0 Å². The normalized spacial score (nSPS) is 26.5. The van der Waals surface area contributed by atoms with Crippen molar-refractivity contribution in [1.29, 1.82) is 0 Å². The second-order valence-corrected chi connectivity index (χ2v) is 5.28. The summed E-state index contributed by atoms with van der Waals surface area (Å²) < 4.78 is 0. The van der Waals surface area contributed by atoms with Gasteiger partial charge in [-0.15, -0.1) is 0 Å². The second-order valence-electron chi connectivity index (χ2n) is 5.28. The molecule has 0 aromatic carbocycles. The number of carbonyl (C=O) groups excluding carboxylic acids is 2. The van der Waals surface area contributed by atoms with Crippen LogP contribution in [-0.4, -0.2) is 64.3 Å². The number of rotatable bonds is 3. The highest BCUT2D eigenvalue weighted by molar-refractivity contribution is 5.87. The van der Waals surface area contributed by atoms with Crippen molar-refractivity contribution in [2.75, 3.05) is 19.6 Å². The zero-order chi connectivity index (χ0) is 14.0. The summed E-state index contributed by atoms with van der Waals surface area (Å²) in [6.45, 7) is 3.51. The maximum absolute atomic E-state index is 12.4. The maximum Gasteiger partial charge on any atom is 0.326 e. The molecule has 6 heteroatoms. The lowest BCUT2D eigenvalue weighted by Gasteiger charge is -2.34. The largest absolute Gasteiger partial charge is 0.480 e. The number of carboxylic acids is 1. The van der Waals surface area contributed by atoms with E-state index in [0.717, 1.165) is 6.42 Å². The third-order valence-corrected chi connectivity index (χ3v) is 4.08. The predicted octanol–water partition coefficient (Wildman–Crippen LogP) is 0.115. The molecule has 6 nitrogen and oxygen atoms in total. The first kappa shape index (κ1) is 14.0. The van der Waals surface area contributed by atoms with E-state index in [0.29, 0.717) is 38.9 Å². The van der Waals surface area contributed by atoms with Crippen molar-refractivity contribution in [3.8, 4) is 0 Å². The number of nitrogens with zero attached hydrogens (tertiary/aromatic N) is 2. The van der Waals surface area contributed by atoms with Crippen LogP contribution in [0.5, 0.6) is 0 Å². The summed E-state index contributed by atoms with van der Waals surface area (Å²) in [5.74, 6) is -0.813. The SMILES string of the molecule is CC(C(=O)N1CCCC1C(=O)O)N1CCC(=O)CC1. The fourth-order valence-electron chi connectivity index (χ4n) is 2.84. The Labute approximate surface area is 112 Å². The van der Waals surface area contributed by atoms with Crippen molar-refractivity contribution in [3.05, 3.63) is 0 Å². The minimum atomic E-state index is -0.924. The molecular weight excluding hydrogens is 248 g/mol. The van der Waals surface area contributed by atoms with E-state index in [1.165, 1.54) is 4.90 Å². The Morgan fingerprint density at radius 1 is 1.26 bits per heavy atom. The highest BCUT2D eigenvalue weighted by atomic mass is 16.4. The van der Waals surface area contributed by atoms with E-state index >= 15 is 0 Å². The Bertz CT molecular complexity index is 386. The molecule has 0 bridgehead atoms. The number of likely N-dealkylation sites (tertiary alicyclic amines) is 2. The molecule has 2 rings (SSSR count). The number of carboxylic acid groups (broad SMARTS) is 1. The summed E-state index contributed by atoms with van der Waals surface area (Å²) in [6, 6.07) is -1.02. The first-order chi connectivity index (χ1) is 9.00. The standard InChI is InChI=1S/C13H20N2O4/c1-9(14-7-4-10(16)5-8-14)12(17)15-6-2-3-11(15)13(18)19/h9,11H,2-8H2,1H3,(H,18,19). The van der Waals surface area contributed by atoms with Gasteiger partial charge in [-0.1, -0.05) is 0 Å². The molecule has 19 heavy (non-hydrogen) atoms. The molecule has 1 amide bonds. The van der Waals surface area contributed by atoms with Crippen molar-refractivity contribution in [3.63, 3.8) is 0 Å². The molecule has 1 N–H and O–H groups in total. The lowest BCUT2D eigenvalue weighted by atomic mass is 10.1. The highest BCUT2D eigenvalue weighted by Gasteiger charge is 2.37. The molecule has 2 aliphatic rings. The van der Waals surface area contributed by atoms with E-state index < -0.39 is 12.0 Å². The average Bonchev–Trinajstić information content (AvgIpc) is 2.87. The smallest absolute Gasteiger partial charge is 0.326 e. The van der Waals surface area contributed by atoms with Gasteiger partial charge in [-0.05, 0) is 19.8 Å². The van der Waals surface area contributed by atoms with Crippen LogP contribution in [0.4, 0.5) is 0 Å². The Balaban J connectivity index is 1.98. The molecule has 2 atom stereocenters. The van der Waals surface area contributed by atoms with Crippen molar-refractivity contribution in [1.82, 2.24) is 9.80 Å². The van der Waals surface area contributed by atoms with Gasteiger partial charge in [-0.25, -0.2) is 4.79 Å². The summed E-state index contributed by atoms with van der Waals surface area (Å²) in [6.07, 6.45) is 2.25. The molecule has 0 saturated carbocycles. The molecule has 2 saturated heterocycles. The van der Waals surface area contributed by atoms with Gasteiger partial charge in [0.25, 0.3) is 0 Å². The Morgan fingerprint density at radius 2 is 1.89 bits per heavy atom.